The summed E-state index contributed by atoms with van der Waals surface area (Å²) in [5.74, 6) is 0. The molecule has 0 fully saturated rings. The number of amides is 2. The minimum absolute atomic E-state index is 0.00672. The normalized spacial score (nSPS) is 16.8. The SMILES string of the molecule is CCC[C@@H]1c2ccc(C)n2CCN1C(=O)Nc1cccc(C)c1C. The Hall–Kier alpha value is -2.23. The van der Waals surface area contributed by atoms with Gasteiger partial charge in [-0.2, -0.15) is 0 Å². The van der Waals surface area contributed by atoms with Crippen molar-refractivity contribution in [1.29, 1.82) is 0 Å². The fourth-order valence-corrected chi connectivity index (χ4v) is 3.60. The Balaban J connectivity index is 1.85. The van der Waals surface area contributed by atoms with Gasteiger partial charge in [0.15, 0.2) is 0 Å². The van der Waals surface area contributed by atoms with Gasteiger partial charge in [-0.15, -0.1) is 0 Å². The average Bonchev–Trinajstić information content (AvgIpc) is 2.94. The number of nitrogens with one attached hydrogen (secondary N) is 1. The van der Waals surface area contributed by atoms with E-state index in [0.29, 0.717) is 0 Å². The van der Waals surface area contributed by atoms with E-state index in [-0.39, 0.29) is 12.1 Å². The first-order chi connectivity index (χ1) is 11.5. The van der Waals surface area contributed by atoms with Crippen LogP contribution in [0.3, 0.4) is 0 Å². The molecule has 1 aliphatic rings. The van der Waals surface area contributed by atoms with E-state index in [9.17, 15) is 4.79 Å². The van der Waals surface area contributed by atoms with Crippen LogP contribution < -0.4 is 5.32 Å². The lowest BCUT2D eigenvalue weighted by atomic mass is 10.0. The Morgan fingerprint density at radius 2 is 1.96 bits per heavy atom. The molecular weight excluding hydrogens is 298 g/mol. The molecule has 1 aliphatic heterocycles. The van der Waals surface area contributed by atoms with E-state index < -0.39 is 0 Å². The molecule has 2 aromatic rings. The zero-order chi connectivity index (χ0) is 17.3. The first kappa shape index (κ1) is 16.6. The maximum absolute atomic E-state index is 12.9. The molecule has 1 aromatic carbocycles. The maximum Gasteiger partial charge on any atom is 0.322 e. The Morgan fingerprint density at radius 3 is 2.71 bits per heavy atom. The van der Waals surface area contributed by atoms with Crippen molar-refractivity contribution in [2.45, 2.75) is 53.1 Å². The highest BCUT2D eigenvalue weighted by atomic mass is 16.2. The number of urea groups is 1. The molecule has 0 radical (unpaired) electrons. The van der Waals surface area contributed by atoms with Crippen LogP contribution in [0.25, 0.3) is 0 Å². The van der Waals surface area contributed by atoms with Crippen LogP contribution in [0.1, 0.15) is 48.3 Å². The third-order valence-corrected chi connectivity index (χ3v) is 5.18. The van der Waals surface area contributed by atoms with Crippen LogP contribution in [-0.2, 0) is 6.54 Å². The van der Waals surface area contributed by atoms with Crippen LogP contribution in [0.4, 0.5) is 10.5 Å². The third kappa shape index (κ3) is 2.93. The quantitative estimate of drug-likeness (QED) is 0.864. The van der Waals surface area contributed by atoms with Crippen LogP contribution in [0.2, 0.25) is 0 Å². The molecule has 4 nitrogen and oxygen atoms in total. The molecule has 0 bridgehead atoms. The van der Waals surface area contributed by atoms with Crippen molar-refractivity contribution in [3.8, 4) is 0 Å². The standard InChI is InChI=1S/C20H27N3O/c1-5-7-18-19-11-10-15(3)22(19)12-13-23(18)20(24)21-17-9-6-8-14(2)16(17)4/h6,8-11,18H,5,7,12-13H2,1-4H3,(H,21,24)/t18-/m1/s1. The number of fused-ring (bicyclic) bond motifs is 1. The molecule has 1 N–H and O–H groups in total. The lowest BCUT2D eigenvalue weighted by molar-refractivity contribution is 0.162. The lowest BCUT2D eigenvalue weighted by Crippen LogP contribution is -2.44. The van der Waals surface area contributed by atoms with Crippen molar-refractivity contribution >= 4 is 11.7 Å². The maximum atomic E-state index is 12.9. The molecule has 4 heteroatoms. The van der Waals surface area contributed by atoms with Crippen LogP contribution >= 0.6 is 0 Å². The summed E-state index contributed by atoms with van der Waals surface area (Å²) in [6.07, 6.45) is 2.05. The van der Waals surface area contributed by atoms with Crippen molar-refractivity contribution in [3.63, 3.8) is 0 Å². The first-order valence-electron chi connectivity index (χ1n) is 8.82. The van der Waals surface area contributed by atoms with Crippen LogP contribution in [0.15, 0.2) is 30.3 Å². The molecule has 0 spiro atoms. The highest BCUT2D eigenvalue weighted by Gasteiger charge is 2.31. The number of rotatable bonds is 3. The van der Waals surface area contributed by atoms with E-state index in [1.165, 1.54) is 17.0 Å². The van der Waals surface area contributed by atoms with Gasteiger partial charge in [-0.25, -0.2) is 4.79 Å². The summed E-state index contributed by atoms with van der Waals surface area (Å²) in [4.78, 5) is 14.9. The van der Waals surface area contributed by atoms with Gasteiger partial charge < -0.3 is 14.8 Å². The minimum Gasteiger partial charge on any atom is -0.345 e. The van der Waals surface area contributed by atoms with Crippen molar-refractivity contribution in [2.24, 2.45) is 0 Å². The van der Waals surface area contributed by atoms with Crippen LogP contribution in [0.5, 0.6) is 0 Å². The largest absolute Gasteiger partial charge is 0.345 e. The molecule has 2 heterocycles. The fourth-order valence-electron chi connectivity index (χ4n) is 3.60. The summed E-state index contributed by atoms with van der Waals surface area (Å²) in [6.45, 7) is 10.1. The molecule has 1 atom stereocenters. The number of hydrogen-bond donors (Lipinski definition) is 1. The van der Waals surface area contributed by atoms with Crippen molar-refractivity contribution < 1.29 is 4.79 Å². The number of nitrogens with zero attached hydrogens (tertiary/aromatic N) is 2. The smallest absolute Gasteiger partial charge is 0.322 e. The van der Waals surface area contributed by atoms with E-state index in [2.05, 4.69) is 55.8 Å². The van der Waals surface area contributed by atoms with Gasteiger partial charge in [0.2, 0.25) is 0 Å². The average molecular weight is 325 g/mol. The number of anilines is 1. The van der Waals surface area contributed by atoms with E-state index in [1.807, 2.05) is 17.0 Å². The van der Waals surface area contributed by atoms with Crippen molar-refractivity contribution in [1.82, 2.24) is 9.47 Å². The number of hydrogen-bond acceptors (Lipinski definition) is 1. The molecule has 3 rings (SSSR count). The van der Waals surface area contributed by atoms with Crippen LogP contribution in [-0.4, -0.2) is 22.0 Å². The second kappa shape index (κ2) is 6.71. The third-order valence-electron chi connectivity index (χ3n) is 5.18. The summed E-state index contributed by atoms with van der Waals surface area (Å²) in [5, 5.41) is 3.12. The van der Waals surface area contributed by atoms with E-state index in [0.717, 1.165) is 37.2 Å². The fraction of sp³-hybridized carbons (Fsp3) is 0.450. The molecule has 128 valence electrons. The predicted octanol–water partition coefficient (Wildman–Crippen LogP) is 4.80. The summed E-state index contributed by atoms with van der Waals surface area (Å²) < 4.78 is 2.35. The molecule has 0 unspecified atom stereocenters. The second-order valence-corrected chi connectivity index (χ2v) is 6.73. The molecule has 1 aromatic heterocycles. The molecule has 0 saturated heterocycles. The summed E-state index contributed by atoms with van der Waals surface area (Å²) in [7, 11) is 0. The first-order valence-corrected chi connectivity index (χ1v) is 8.82. The van der Waals surface area contributed by atoms with E-state index in [1.54, 1.807) is 0 Å². The Labute approximate surface area is 144 Å². The number of aromatic nitrogens is 1. The summed E-state index contributed by atoms with van der Waals surface area (Å²) >= 11 is 0. The van der Waals surface area contributed by atoms with Gasteiger partial charge in [-0.1, -0.05) is 25.5 Å². The number of carbonyl (C=O) groups excluding carboxylic acids is 1. The van der Waals surface area contributed by atoms with Gasteiger partial charge in [0, 0.05) is 30.2 Å². The Bertz CT molecular complexity index is 747. The van der Waals surface area contributed by atoms with E-state index >= 15 is 0 Å². The van der Waals surface area contributed by atoms with Gasteiger partial charge in [0.25, 0.3) is 0 Å². The van der Waals surface area contributed by atoms with Crippen molar-refractivity contribution in [2.75, 3.05) is 11.9 Å². The monoisotopic (exact) mass is 325 g/mol. The van der Waals surface area contributed by atoms with Gasteiger partial charge in [-0.3, -0.25) is 0 Å². The predicted molar refractivity (Wildman–Crippen MR) is 98.5 cm³/mol. The number of benzene rings is 1. The number of carbonyl (C=O) groups is 1. The van der Waals surface area contributed by atoms with Crippen LogP contribution in [0, 0.1) is 20.8 Å². The summed E-state index contributed by atoms with van der Waals surface area (Å²) in [5.41, 5.74) is 5.78. The van der Waals surface area contributed by atoms with Crippen molar-refractivity contribution in [3.05, 3.63) is 52.8 Å². The number of aryl methyl sites for hydroxylation is 2. The zero-order valence-corrected chi connectivity index (χ0v) is 15.1. The Morgan fingerprint density at radius 1 is 1.17 bits per heavy atom. The van der Waals surface area contributed by atoms with Gasteiger partial charge in [-0.05, 0) is 56.5 Å². The zero-order valence-electron chi connectivity index (χ0n) is 15.1. The van der Waals surface area contributed by atoms with Gasteiger partial charge in [0.05, 0.1) is 6.04 Å². The van der Waals surface area contributed by atoms with Gasteiger partial charge in [0.1, 0.15) is 0 Å². The molecule has 0 saturated carbocycles. The molecule has 2 amide bonds. The lowest BCUT2D eigenvalue weighted by Gasteiger charge is -2.37. The van der Waals surface area contributed by atoms with Gasteiger partial charge >= 0.3 is 6.03 Å². The second-order valence-electron chi connectivity index (χ2n) is 6.73. The summed E-state index contributed by atoms with van der Waals surface area (Å²) in [6, 6.07) is 10.5. The molecular formula is C20H27N3O. The Kier molecular flexibility index (Phi) is 4.65. The highest BCUT2D eigenvalue weighted by Crippen LogP contribution is 2.32. The topological polar surface area (TPSA) is 37.3 Å². The highest BCUT2D eigenvalue weighted by molar-refractivity contribution is 5.90. The molecule has 24 heavy (non-hydrogen) atoms. The minimum atomic E-state index is 0.00672. The van der Waals surface area contributed by atoms with E-state index in [4.69, 9.17) is 0 Å². The molecule has 0 aliphatic carbocycles.